The molecule has 0 heterocycles. The van der Waals surface area contributed by atoms with Gasteiger partial charge in [0.1, 0.15) is 0 Å². The lowest BCUT2D eigenvalue weighted by molar-refractivity contribution is 0.607. The maximum absolute atomic E-state index is 4.27. The average molecular weight is 294 g/mol. The third-order valence-electron chi connectivity index (χ3n) is 3.79. The summed E-state index contributed by atoms with van der Waals surface area (Å²) in [5.41, 5.74) is 3.20. The van der Waals surface area contributed by atoms with Crippen LogP contribution in [0.2, 0.25) is 0 Å². The molecule has 2 rings (SSSR count). The average Bonchev–Trinajstić information content (AvgIpc) is 2.58. The third-order valence-corrected chi connectivity index (χ3v) is 3.79. The normalized spacial score (nSPS) is 11.1. The number of hydrogen-bond acceptors (Lipinski definition) is 2. The summed E-state index contributed by atoms with van der Waals surface area (Å²) in [6.45, 7) is 2.26. The molecule has 0 amide bonds. The van der Waals surface area contributed by atoms with Gasteiger partial charge in [-0.3, -0.25) is 0 Å². The van der Waals surface area contributed by atoms with Gasteiger partial charge >= 0.3 is 0 Å². The van der Waals surface area contributed by atoms with Crippen LogP contribution >= 0.6 is 0 Å². The molecule has 0 unspecified atom stereocenters. The first-order valence-corrected chi connectivity index (χ1v) is 8.44. The molecule has 0 N–H and O–H groups in total. The number of benzene rings is 2. The van der Waals surface area contributed by atoms with Gasteiger partial charge in [0.25, 0.3) is 0 Å². The highest BCUT2D eigenvalue weighted by Crippen LogP contribution is 2.19. The van der Waals surface area contributed by atoms with Gasteiger partial charge in [0.15, 0.2) is 0 Å². The fourth-order valence-electron chi connectivity index (χ4n) is 2.45. The van der Waals surface area contributed by atoms with Crippen molar-refractivity contribution >= 4 is 11.4 Å². The van der Waals surface area contributed by atoms with E-state index in [1.165, 1.54) is 50.5 Å². The van der Waals surface area contributed by atoms with Gasteiger partial charge in [-0.1, -0.05) is 69.4 Å². The van der Waals surface area contributed by atoms with Gasteiger partial charge < -0.3 is 0 Å². The SMILES string of the molecule is CCCCCCCCc1ccc(N=Nc2ccccc2)cc1. The highest BCUT2D eigenvalue weighted by atomic mass is 15.1. The van der Waals surface area contributed by atoms with E-state index in [4.69, 9.17) is 0 Å². The molecule has 0 aliphatic heterocycles. The maximum Gasteiger partial charge on any atom is 0.0857 e. The van der Waals surface area contributed by atoms with Crippen LogP contribution in [-0.2, 0) is 6.42 Å². The molecule has 0 fully saturated rings. The van der Waals surface area contributed by atoms with Crippen molar-refractivity contribution in [1.82, 2.24) is 0 Å². The van der Waals surface area contributed by atoms with Crippen molar-refractivity contribution in [3.8, 4) is 0 Å². The van der Waals surface area contributed by atoms with Gasteiger partial charge in [-0.15, -0.1) is 0 Å². The van der Waals surface area contributed by atoms with Crippen molar-refractivity contribution < 1.29 is 0 Å². The van der Waals surface area contributed by atoms with E-state index in [-0.39, 0.29) is 0 Å². The fourth-order valence-corrected chi connectivity index (χ4v) is 2.45. The topological polar surface area (TPSA) is 24.7 Å². The maximum atomic E-state index is 4.27. The molecule has 116 valence electrons. The minimum atomic E-state index is 0.888. The van der Waals surface area contributed by atoms with Crippen LogP contribution in [0.15, 0.2) is 64.8 Å². The van der Waals surface area contributed by atoms with Crippen LogP contribution < -0.4 is 0 Å². The van der Waals surface area contributed by atoms with Crippen LogP contribution in [0.1, 0.15) is 51.0 Å². The predicted molar refractivity (Wildman–Crippen MR) is 94.1 cm³/mol. The second-order valence-corrected chi connectivity index (χ2v) is 5.72. The summed E-state index contributed by atoms with van der Waals surface area (Å²) in [6.07, 6.45) is 9.25. The van der Waals surface area contributed by atoms with E-state index >= 15 is 0 Å². The summed E-state index contributed by atoms with van der Waals surface area (Å²) in [4.78, 5) is 0. The molecule has 2 heteroatoms. The van der Waals surface area contributed by atoms with Crippen LogP contribution in [0.3, 0.4) is 0 Å². The zero-order chi connectivity index (χ0) is 15.5. The van der Waals surface area contributed by atoms with Gasteiger partial charge in [-0.05, 0) is 42.7 Å². The molecule has 0 spiro atoms. The Hall–Kier alpha value is -1.96. The van der Waals surface area contributed by atoms with Crippen molar-refractivity contribution in [1.29, 1.82) is 0 Å². The Kier molecular flexibility index (Phi) is 7.37. The van der Waals surface area contributed by atoms with Crippen molar-refractivity contribution in [2.45, 2.75) is 51.9 Å². The molecular formula is C20H26N2. The van der Waals surface area contributed by atoms with Gasteiger partial charge in [0, 0.05) is 0 Å². The molecule has 0 bridgehead atoms. The Bertz CT molecular complexity index is 544. The van der Waals surface area contributed by atoms with E-state index in [1.807, 2.05) is 30.3 Å². The summed E-state index contributed by atoms with van der Waals surface area (Å²) in [5.74, 6) is 0. The van der Waals surface area contributed by atoms with Crippen LogP contribution in [0.25, 0.3) is 0 Å². The van der Waals surface area contributed by atoms with Crippen molar-refractivity contribution in [3.63, 3.8) is 0 Å². The Morgan fingerprint density at radius 2 is 1.23 bits per heavy atom. The smallest absolute Gasteiger partial charge is 0.0857 e. The lowest BCUT2D eigenvalue weighted by atomic mass is 10.0. The number of unbranched alkanes of at least 4 members (excludes halogenated alkanes) is 5. The predicted octanol–water partition coefficient (Wildman–Crippen LogP) is 7.01. The van der Waals surface area contributed by atoms with Gasteiger partial charge in [-0.25, -0.2) is 0 Å². The summed E-state index contributed by atoms with van der Waals surface area (Å²) in [5, 5.41) is 8.51. The molecule has 0 saturated carbocycles. The lowest BCUT2D eigenvalue weighted by Crippen LogP contribution is -1.85. The molecule has 2 aromatic rings. The summed E-state index contributed by atoms with van der Waals surface area (Å²) < 4.78 is 0. The molecule has 0 radical (unpaired) electrons. The Labute approximate surface area is 134 Å². The molecule has 0 aromatic heterocycles. The van der Waals surface area contributed by atoms with E-state index < -0.39 is 0 Å². The minimum absolute atomic E-state index is 0.888. The second kappa shape index (κ2) is 9.88. The highest BCUT2D eigenvalue weighted by Gasteiger charge is 1.96. The Morgan fingerprint density at radius 3 is 1.91 bits per heavy atom. The Morgan fingerprint density at radius 1 is 0.636 bits per heavy atom. The van der Waals surface area contributed by atoms with E-state index in [2.05, 4.69) is 41.4 Å². The van der Waals surface area contributed by atoms with Crippen LogP contribution in [-0.4, -0.2) is 0 Å². The molecule has 2 nitrogen and oxygen atoms in total. The molecule has 2 aromatic carbocycles. The molecule has 0 saturated heterocycles. The summed E-state index contributed by atoms with van der Waals surface area (Å²) in [6, 6.07) is 18.3. The molecule has 0 aliphatic carbocycles. The van der Waals surface area contributed by atoms with E-state index in [0.29, 0.717) is 0 Å². The van der Waals surface area contributed by atoms with Crippen LogP contribution in [0.4, 0.5) is 11.4 Å². The molecular weight excluding hydrogens is 268 g/mol. The first-order valence-electron chi connectivity index (χ1n) is 8.44. The van der Waals surface area contributed by atoms with Crippen molar-refractivity contribution in [3.05, 3.63) is 60.2 Å². The quantitative estimate of drug-likeness (QED) is 0.351. The largest absolute Gasteiger partial charge is 0.151 e. The van der Waals surface area contributed by atoms with Crippen LogP contribution in [0.5, 0.6) is 0 Å². The van der Waals surface area contributed by atoms with Gasteiger partial charge in [0.05, 0.1) is 11.4 Å². The molecule has 22 heavy (non-hydrogen) atoms. The number of nitrogens with zero attached hydrogens (tertiary/aromatic N) is 2. The highest BCUT2D eigenvalue weighted by molar-refractivity contribution is 5.40. The zero-order valence-electron chi connectivity index (χ0n) is 13.5. The van der Waals surface area contributed by atoms with E-state index in [9.17, 15) is 0 Å². The lowest BCUT2D eigenvalue weighted by Gasteiger charge is -2.02. The fraction of sp³-hybridized carbons (Fsp3) is 0.400. The monoisotopic (exact) mass is 294 g/mol. The van der Waals surface area contributed by atoms with Gasteiger partial charge in [-0.2, -0.15) is 10.2 Å². The number of rotatable bonds is 9. The molecule has 0 atom stereocenters. The second-order valence-electron chi connectivity index (χ2n) is 5.72. The van der Waals surface area contributed by atoms with Crippen molar-refractivity contribution in [2.75, 3.05) is 0 Å². The third kappa shape index (κ3) is 6.21. The van der Waals surface area contributed by atoms with Crippen LogP contribution in [0, 0.1) is 0 Å². The number of azo groups is 1. The first-order chi connectivity index (χ1) is 10.9. The standard InChI is InChI=1S/C20H26N2/c1-2-3-4-5-6-8-11-18-14-16-20(17-15-18)22-21-19-12-9-7-10-13-19/h7,9-10,12-17H,2-6,8,11H2,1H3. The summed E-state index contributed by atoms with van der Waals surface area (Å²) in [7, 11) is 0. The van der Waals surface area contributed by atoms with Gasteiger partial charge in [0.2, 0.25) is 0 Å². The number of hydrogen-bond donors (Lipinski definition) is 0. The first kappa shape index (κ1) is 16.4. The Balaban J connectivity index is 1.74. The van der Waals surface area contributed by atoms with E-state index in [0.717, 1.165) is 11.4 Å². The van der Waals surface area contributed by atoms with Crippen molar-refractivity contribution in [2.24, 2.45) is 10.2 Å². The molecule has 0 aliphatic rings. The zero-order valence-corrected chi connectivity index (χ0v) is 13.5. The minimum Gasteiger partial charge on any atom is -0.151 e. The number of aryl methyl sites for hydroxylation is 1. The summed E-state index contributed by atoms with van der Waals surface area (Å²) >= 11 is 0. The van der Waals surface area contributed by atoms with E-state index in [1.54, 1.807) is 0 Å².